The van der Waals surface area contributed by atoms with Crippen LogP contribution in [0, 0.1) is 5.92 Å². The highest BCUT2D eigenvalue weighted by Gasteiger charge is 2.27. The first-order valence-electron chi connectivity index (χ1n) is 11.5. The second-order valence-electron chi connectivity index (χ2n) is 9.76. The van der Waals surface area contributed by atoms with Gasteiger partial charge in [-0.1, -0.05) is 19.3 Å². The van der Waals surface area contributed by atoms with Gasteiger partial charge in [-0.2, -0.15) is 5.10 Å². The van der Waals surface area contributed by atoms with E-state index in [4.69, 9.17) is 4.74 Å². The first-order valence-corrected chi connectivity index (χ1v) is 11.5. The van der Waals surface area contributed by atoms with Crippen LogP contribution in [-0.4, -0.2) is 48.7 Å². The number of anilines is 1. The van der Waals surface area contributed by atoms with Gasteiger partial charge in [-0.15, -0.1) is 5.10 Å². The molecule has 0 spiro atoms. The van der Waals surface area contributed by atoms with Crippen molar-refractivity contribution in [1.82, 2.24) is 29.9 Å². The number of hydrogen-bond donors (Lipinski definition) is 2. The Hall–Kier alpha value is -2.91. The molecule has 0 bridgehead atoms. The maximum atomic E-state index is 12.9. The third-order valence-electron chi connectivity index (χ3n) is 6.04. The highest BCUT2D eigenvalue weighted by molar-refractivity contribution is 6.04. The van der Waals surface area contributed by atoms with E-state index in [-0.39, 0.29) is 11.8 Å². The Bertz CT molecular complexity index is 953. The fourth-order valence-electron chi connectivity index (χ4n) is 4.43. The predicted molar refractivity (Wildman–Crippen MR) is 118 cm³/mol. The average molecular weight is 444 g/mol. The molecule has 1 fully saturated rings. The summed E-state index contributed by atoms with van der Waals surface area (Å²) in [6, 6.07) is 0.365. The van der Waals surface area contributed by atoms with E-state index in [1.165, 1.54) is 19.3 Å². The number of amides is 2. The SMILES string of the molecule is CC(C)(C)OC(=O)NCC1CCn2ncc(C(=O)Nc3ncn(C4CCCCC4)n3)c2C1. The van der Waals surface area contributed by atoms with Crippen LogP contribution in [0.1, 0.15) is 81.4 Å². The summed E-state index contributed by atoms with van der Waals surface area (Å²) in [5.74, 6) is 0.273. The molecule has 1 aliphatic carbocycles. The number of nitrogens with zero attached hydrogens (tertiary/aromatic N) is 5. The smallest absolute Gasteiger partial charge is 0.407 e. The average Bonchev–Trinajstić information content (AvgIpc) is 3.38. The number of alkyl carbamates (subject to hydrolysis) is 1. The number of carbonyl (C=O) groups excluding carboxylic acids is 2. The van der Waals surface area contributed by atoms with Gasteiger partial charge in [0, 0.05) is 13.1 Å². The molecule has 10 heteroatoms. The molecule has 0 radical (unpaired) electrons. The summed E-state index contributed by atoms with van der Waals surface area (Å²) >= 11 is 0. The fraction of sp³-hybridized carbons (Fsp3) is 0.682. The van der Waals surface area contributed by atoms with Gasteiger partial charge >= 0.3 is 6.09 Å². The van der Waals surface area contributed by atoms with Gasteiger partial charge < -0.3 is 10.1 Å². The first kappa shape index (κ1) is 22.3. The van der Waals surface area contributed by atoms with Gasteiger partial charge in [-0.25, -0.2) is 14.5 Å². The summed E-state index contributed by atoms with van der Waals surface area (Å²) in [7, 11) is 0. The van der Waals surface area contributed by atoms with Crippen molar-refractivity contribution in [2.24, 2.45) is 5.92 Å². The number of aryl methyl sites for hydroxylation is 1. The van der Waals surface area contributed by atoms with E-state index in [0.29, 0.717) is 37.1 Å². The van der Waals surface area contributed by atoms with Crippen LogP contribution in [0.3, 0.4) is 0 Å². The zero-order chi connectivity index (χ0) is 22.7. The molecule has 2 amide bonds. The predicted octanol–water partition coefficient (Wildman–Crippen LogP) is 3.32. The van der Waals surface area contributed by atoms with E-state index in [1.54, 1.807) is 12.5 Å². The van der Waals surface area contributed by atoms with Crippen molar-refractivity contribution in [2.45, 2.75) is 83.9 Å². The molecule has 1 unspecified atom stereocenters. The normalized spacial score (nSPS) is 19.3. The molecule has 10 nitrogen and oxygen atoms in total. The molecular formula is C22H33N7O3. The maximum absolute atomic E-state index is 12.9. The highest BCUT2D eigenvalue weighted by atomic mass is 16.6. The highest BCUT2D eigenvalue weighted by Crippen LogP contribution is 2.28. The second-order valence-corrected chi connectivity index (χ2v) is 9.76. The van der Waals surface area contributed by atoms with Crippen molar-refractivity contribution < 1.29 is 14.3 Å². The minimum atomic E-state index is -0.529. The minimum Gasteiger partial charge on any atom is -0.444 e. The van der Waals surface area contributed by atoms with Crippen LogP contribution in [0.2, 0.25) is 0 Å². The molecule has 0 saturated heterocycles. The van der Waals surface area contributed by atoms with Gasteiger partial charge in [-0.05, 0) is 52.4 Å². The second kappa shape index (κ2) is 9.30. The molecule has 1 atom stereocenters. The number of hydrogen-bond acceptors (Lipinski definition) is 6. The summed E-state index contributed by atoms with van der Waals surface area (Å²) in [5, 5.41) is 14.5. The quantitative estimate of drug-likeness (QED) is 0.732. The van der Waals surface area contributed by atoms with Crippen molar-refractivity contribution in [3.05, 3.63) is 23.8 Å². The number of fused-ring (bicyclic) bond motifs is 1. The standard InChI is InChI=1S/C22H33N7O3/c1-22(2,3)32-21(31)23-12-15-9-10-28-18(11-15)17(13-25-28)19(30)26-20-24-14-29(27-20)16-7-5-4-6-8-16/h13-16H,4-12H2,1-3H3,(H,23,31)(H,26,27,30). The van der Waals surface area contributed by atoms with Crippen LogP contribution in [0.4, 0.5) is 10.7 Å². The Labute approximate surface area is 188 Å². The molecule has 32 heavy (non-hydrogen) atoms. The Balaban J connectivity index is 1.35. The van der Waals surface area contributed by atoms with Gasteiger partial charge in [0.15, 0.2) is 0 Å². The monoisotopic (exact) mass is 443 g/mol. The van der Waals surface area contributed by atoms with Gasteiger partial charge in [0.05, 0.1) is 23.5 Å². The van der Waals surface area contributed by atoms with Crippen LogP contribution in [0.25, 0.3) is 0 Å². The summed E-state index contributed by atoms with van der Waals surface area (Å²) in [5.41, 5.74) is 0.871. The zero-order valence-electron chi connectivity index (χ0n) is 19.1. The Morgan fingerprint density at radius 3 is 2.72 bits per heavy atom. The maximum Gasteiger partial charge on any atom is 0.407 e. The van der Waals surface area contributed by atoms with E-state index in [9.17, 15) is 9.59 Å². The van der Waals surface area contributed by atoms with Crippen molar-refractivity contribution in [3.63, 3.8) is 0 Å². The number of nitrogens with one attached hydrogen (secondary N) is 2. The molecule has 3 heterocycles. The Morgan fingerprint density at radius 2 is 1.97 bits per heavy atom. The lowest BCUT2D eigenvalue weighted by molar-refractivity contribution is 0.0516. The summed E-state index contributed by atoms with van der Waals surface area (Å²) in [4.78, 5) is 29.2. The number of ether oxygens (including phenoxy) is 1. The van der Waals surface area contributed by atoms with Crippen LogP contribution >= 0.6 is 0 Å². The molecular weight excluding hydrogens is 410 g/mol. The zero-order valence-corrected chi connectivity index (χ0v) is 19.1. The summed E-state index contributed by atoms with van der Waals surface area (Å²) < 4.78 is 9.05. The lowest BCUT2D eigenvalue weighted by Gasteiger charge is -2.25. The van der Waals surface area contributed by atoms with E-state index >= 15 is 0 Å². The van der Waals surface area contributed by atoms with Gasteiger partial charge in [0.2, 0.25) is 5.95 Å². The first-order chi connectivity index (χ1) is 15.3. The van der Waals surface area contributed by atoms with Crippen LogP contribution in [0.15, 0.2) is 12.5 Å². The minimum absolute atomic E-state index is 0.210. The number of rotatable bonds is 5. The Kier molecular flexibility index (Phi) is 6.48. The largest absolute Gasteiger partial charge is 0.444 e. The van der Waals surface area contributed by atoms with Crippen LogP contribution < -0.4 is 10.6 Å². The van der Waals surface area contributed by atoms with Crippen LogP contribution in [0.5, 0.6) is 0 Å². The molecule has 2 aromatic rings. The molecule has 2 aromatic heterocycles. The van der Waals surface area contributed by atoms with Crippen molar-refractivity contribution in [2.75, 3.05) is 11.9 Å². The third-order valence-corrected chi connectivity index (χ3v) is 6.04. The third kappa shape index (κ3) is 5.46. The Morgan fingerprint density at radius 1 is 1.19 bits per heavy atom. The molecule has 1 aliphatic heterocycles. The van der Waals surface area contributed by atoms with Crippen molar-refractivity contribution in [1.29, 1.82) is 0 Å². The lowest BCUT2D eigenvalue weighted by atomic mass is 9.94. The topological polar surface area (TPSA) is 116 Å². The van der Waals surface area contributed by atoms with E-state index in [0.717, 1.165) is 25.0 Å². The molecule has 174 valence electrons. The fourth-order valence-corrected chi connectivity index (χ4v) is 4.43. The van der Waals surface area contributed by atoms with E-state index < -0.39 is 11.7 Å². The van der Waals surface area contributed by atoms with E-state index in [1.807, 2.05) is 30.1 Å². The lowest BCUT2D eigenvalue weighted by Crippen LogP contribution is -2.37. The summed E-state index contributed by atoms with van der Waals surface area (Å²) in [6.45, 7) is 6.71. The molecule has 0 aromatic carbocycles. The molecule has 1 saturated carbocycles. The van der Waals surface area contributed by atoms with E-state index in [2.05, 4.69) is 25.8 Å². The molecule has 2 N–H and O–H groups in total. The molecule has 4 rings (SSSR count). The number of aromatic nitrogens is 5. The van der Waals surface area contributed by atoms with Crippen LogP contribution in [-0.2, 0) is 17.7 Å². The van der Waals surface area contributed by atoms with Crippen molar-refractivity contribution >= 4 is 17.9 Å². The molecule has 2 aliphatic rings. The van der Waals surface area contributed by atoms with Crippen molar-refractivity contribution in [3.8, 4) is 0 Å². The van der Waals surface area contributed by atoms with Gasteiger partial charge in [0.1, 0.15) is 11.9 Å². The van der Waals surface area contributed by atoms with Gasteiger partial charge in [-0.3, -0.25) is 14.8 Å². The summed E-state index contributed by atoms with van der Waals surface area (Å²) in [6.07, 6.45) is 10.3. The van der Waals surface area contributed by atoms with Gasteiger partial charge in [0.25, 0.3) is 5.91 Å². The number of carbonyl (C=O) groups is 2.